The van der Waals surface area contributed by atoms with Crippen molar-refractivity contribution in [2.75, 3.05) is 18.5 Å². The van der Waals surface area contributed by atoms with Crippen LogP contribution in [0.4, 0.5) is 5.69 Å². The van der Waals surface area contributed by atoms with Crippen molar-refractivity contribution in [3.05, 3.63) is 45.4 Å². The summed E-state index contributed by atoms with van der Waals surface area (Å²) in [5, 5.41) is 6.74. The largest absolute Gasteiger partial charge is 0.368 e. The molecule has 1 aromatic carbocycles. The Morgan fingerprint density at radius 1 is 1.29 bits per heavy atom. The lowest BCUT2D eigenvalue weighted by Gasteiger charge is -2.20. The molecule has 3 nitrogen and oxygen atoms in total. The van der Waals surface area contributed by atoms with Gasteiger partial charge < -0.3 is 10.2 Å². The van der Waals surface area contributed by atoms with Crippen molar-refractivity contribution in [2.45, 2.75) is 40.3 Å². The fourth-order valence-corrected chi connectivity index (χ4v) is 3.19. The quantitative estimate of drug-likeness (QED) is 0.786. The van der Waals surface area contributed by atoms with Crippen LogP contribution in [0.2, 0.25) is 0 Å². The Bertz CT molecular complexity index is 577. The number of nitrogens with one attached hydrogen (secondary N) is 1. The first-order valence-corrected chi connectivity index (χ1v) is 8.40. The van der Waals surface area contributed by atoms with Gasteiger partial charge in [0.2, 0.25) is 0 Å². The zero-order chi connectivity index (χ0) is 15.2. The van der Waals surface area contributed by atoms with E-state index in [2.05, 4.69) is 61.6 Å². The summed E-state index contributed by atoms with van der Waals surface area (Å²) in [6, 6.07) is 6.59. The minimum Gasteiger partial charge on any atom is -0.368 e. The van der Waals surface area contributed by atoms with Crippen LogP contribution in [0.25, 0.3) is 0 Å². The second kappa shape index (κ2) is 7.57. The predicted octanol–water partition coefficient (Wildman–Crippen LogP) is 3.90. The van der Waals surface area contributed by atoms with E-state index >= 15 is 0 Å². The molecule has 0 spiro atoms. The third-order valence-corrected chi connectivity index (χ3v) is 4.36. The molecule has 1 N–H and O–H groups in total. The van der Waals surface area contributed by atoms with Gasteiger partial charge in [0.1, 0.15) is 5.01 Å². The molecule has 4 heteroatoms. The lowest BCUT2D eigenvalue weighted by atomic mass is 10.1. The Balaban J connectivity index is 1.97. The molecule has 0 atom stereocenters. The van der Waals surface area contributed by atoms with Crippen molar-refractivity contribution < 1.29 is 0 Å². The molecule has 21 heavy (non-hydrogen) atoms. The summed E-state index contributed by atoms with van der Waals surface area (Å²) < 4.78 is 0. The molecule has 0 fully saturated rings. The molecule has 0 bridgehead atoms. The topological polar surface area (TPSA) is 28.2 Å². The standard InChI is InChI=1S/C17H25N3S/c1-5-8-18-10-17-19-15(12-21-17)11-20(4)16-7-6-13(2)9-14(16)3/h6-7,9,12,18H,5,8,10-11H2,1-4H3. The highest BCUT2D eigenvalue weighted by Crippen LogP contribution is 2.22. The molecule has 0 unspecified atom stereocenters. The monoisotopic (exact) mass is 303 g/mol. The van der Waals surface area contributed by atoms with Crippen LogP contribution in [0.5, 0.6) is 0 Å². The maximum absolute atomic E-state index is 4.71. The van der Waals surface area contributed by atoms with Gasteiger partial charge in [-0.3, -0.25) is 0 Å². The molecule has 0 saturated heterocycles. The van der Waals surface area contributed by atoms with Gasteiger partial charge in [-0.15, -0.1) is 11.3 Å². The normalized spacial score (nSPS) is 10.9. The fraction of sp³-hybridized carbons (Fsp3) is 0.471. The Labute approximate surface area is 132 Å². The lowest BCUT2D eigenvalue weighted by molar-refractivity contribution is 0.670. The van der Waals surface area contributed by atoms with Crippen LogP contribution in [-0.4, -0.2) is 18.6 Å². The number of nitrogens with zero attached hydrogens (tertiary/aromatic N) is 2. The average Bonchev–Trinajstić information content (AvgIpc) is 2.86. The van der Waals surface area contributed by atoms with Crippen molar-refractivity contribution in [3.63, 3.8) is 0 Å². The molecule has 0 aliphatic rings. The molecule has 2 rings (SSSR count). The van der Waals surface area contributed by atoms with Crippen molar-refractivity contribution in [1.82, 2.24) is 10.3 Å². The van der Waals surface area contributed by atoms with Crippen LogP contribution >= 0.6 is 11.3 Å². The van der Waals surface area contributed by atoms with Crippen molar-refractivity contribution in [2.24, 2.45) is 0 Å². The highest BCUT2D eigenvalue weighted by Gasteiger charge is 2.08. The van der Waals surface area contributed by atoms with Crippen LogP contribution in [-0.2, 0) is 13.1 Å². The second-order valence-corrected chi connectivity index (χ2v) is 6.50. The van der Waals surface area contributed by atoms with Gasteiger partial charge in [-0.1, -0.05) is 24.6 Å². The first-order valence-electron chi connectivity index (χ1n) is 7.52. The summed E-state index contributed by atoms with van der Waals surface area (Å²) in [6.45, 7) is 9.27. The van der Waals surface area contributed by atoms with Crippen LogP contribution in [0, 0.1) is 13.8 Å². The number of anilines is 1. The summed E-state index contributed by atoms with van der Waals surface area (Å²) in [5.74, 6) is 0. The molecule has 1 heterocycles. The lowest BCUT2D eigenvalue weighted by Crippen LogP contribution is -2.18. The summed E-state index contributed by atoms with van der Waals surface area (Å²) in [4.78, 5) is 6.98. The van der Waals surface area contributed by atoms with Gasteiger partial charge >= 0.3 is 0 Å². The Morgan fingerprint density at radius 3 is 2.81 bits per heavy atom. The van der Waals surface area contributed by atoms with Gasteiger partial charge in [0.25, 0.3) is 0 Å². The van der Waals surface area contributed by atoms with Gasteiger partial charge in [0.15, 0.2) is 0 Å². The third kappa shape index (κ3) is 4.55. The van der Waals surface area contributed by atoms with Crippen LogP contribution < -0.4 is 10.2 Å². The van der Waals surface area contributed by atoms with Gasteiger partial charge in [0, 0.05) is 24.7 Å². The highest BCUT2D eigenvalue weighted by atomic mass is 32.1. The Morgan fingerprint density at radius 2 is 2.10 bits per heavy atom. The molecule has 0 saturated carbocycles. The number of hydrogen-bond acceptors (Lipinski definition) is 4. The molecule has 1 aromatic heterocycles. The number of benzene rings is 1. The maximum atomic E-state index is 4.71. The van der Waals surface area contributed by atoms with E-state index in [9.17, 15) is 0 Å². The van der Waals surface area contributed by atoms with Gasteiger partial charge in [-0.2, -0.15) is 0 Å². The molecule has 114 valence electrons. The van der Waals surface area contributed by atoms with E-state index in [4.69, 9.17) is 4.98 Å². The van der Waals surface area contributed by atoms with E-state index in [1.54, 1.807) is 11.3 Å². The van der Waals surface area contributed by atoms with E-state index in [1.165, 1.54) is 21.8 Å². The van der Waals surface area contributed by atoms with Crippen LogP contribution in [0.3, 0.4) is 0 Å². The Hall–Kier alpha value is -1.39. The average molecular weight is 303 g/mol. The van der Waals surface area contributed by atoms with E-state index in [0.29, 0.717) is 0 Å². The Kier molecular flexibility index (Phi) is 5.76. The van der Waals surface area contributed by atoms with Crippen LogP contribution in [0.1, 0.15) is 35.2 Å². The van der Waals surface area contributed by atoms with Crippen molar-refractivity contribution in [1.29, 1.82) is 0 Å². The van der Waals surface area contributed by atoms with Crippen molar-refractivity contribution in [3.8, 4) is 0 Å². The maximum Gasteiger partial charge on any atom is 0.107 e. The molecule has 0 radical (unpaired) electrons. The summed E-state index contributed by atoms with van der Waals surface area (Å²) in [6.07, 6.45) is 1.16. The zero-order valence-corrected chi connectivity index (χ0v) is 14.3. The number of thiazole rings is 1. The molecule has 2 aromatic rings. The SMILES string of the molecule is CCCNCc1nc(CN(C)c2ccc(C)cc2C)cs1. The molecular weight excluding hydrogens is 278 g/mol. The van der Waals surface area contributed by atoms with Crippen LogP contribution in [0.15, 0.2) is 23.6 Å². The smallest absolute Gasteiger partial charge is 0.107 e. The summed E-state index contributed by atoms with van der Waals surface area (Å²) >= 11 is 1.74. The second-order valence-electron chi connectivity index (χ2n) is 5.56. The third-order valence-electron chi connectivity index (χ3n) is 3.47. The van der Waals surface area contributed by atoms with E-state index in [1.807, 2.05) is 0 Å². The first-order chi connectivity index (χ1) is 10.1. The summed E-state index contributed by atoms with van der Waals surface area (Å²) in [7, 11) is 2.13. The van der Waals surface area contributed by atoms with Gasteiger partial charge in [-0.05, 0) is 38.4 Å². The van der Waals surface area contributed by atoms with Crippen molar-refractivity contribution >= 4 is 17.0 Å². The predicted molar refractivity (Wildman–Crippen MR) is 92.1 cm³/mol. The minimum absolute atomic E-state index is 0.855. The van der Waals surface area contributed by atoms with E-state index in [-0.39, 0.29) is 0 Å². The zero-order valence-electron chi connectivity index (χ0n) is 13.4. The number of hydrogen-bond donors (Lipinski definition) is 1. The van der Waals surface area contributed by atoms with Gasteiger partial charge in [-0.25, -0.2) is 4.98 Å². The highest BCUT2D eigenvalue weighted by molar-refractivity contribution is 7.09. The molecule has 0 amide bonds. The first kappa shape index (κ1) is 16.0. The van der Waals surface area contributed by atoms with E-state index in [0.717, 1.165) is 31.7 Å². The van der Waals surface area contributed by atoms with E-state index < -0.39 is 0 Å². The number of rotatable bonds is 7. The molecular formula is C17H25N3S. The summed E-state index contributed by atoms with van der Waals surface area (Å²) in [5.41, 5.74) is 5.05. The molecule has 0 aliphatic carbocycles. The number of aromatic nitrogens is 1. The number of aryl methyl sites for hydroxylation is 2. The fourth-order valence-electron chi connectivity index (χ4n) is 2.44. The minimum atomic E-state index is 0.855. The molecule has 0 aliphatic heterocycles. The van der Waals surface area contributed by atoms with Gasteiger partial charge in [0.05, 0.1) is 12.2 Å².